The number of piperidine rings is 1. The van der Waals surface area contributed by atoms with E-state index in [-0.39, 0.29) is 24.1 Å². The molecule has 2 aliphatic rings. The fraction of sp³-hybridized carbons (Fsp3) is 0.517. The number of likely N-dealkylation sites (tertiary alicyclic amines) is 1. The molecule has 220 valence electrons. The molecule has 2 unspecified atom stereocenters. The van der Waals surface area contributed by atoms with Gasteiger partial charge in [-0.15, -0.1) is 11.3 Å². The normalized spacial score (nSPS) is 21.9. The van der Waals surface area contributed by atoms with Crippen LogP contribution in [0.5, 0.6) is 0 Å². The molecule has 1 saturated heterocycles. The number of halogens is 3. The van der Waals surface area contributed by atoms with Gasteiger partial charge in [0, 0.05) is 25.4 Å². The number of carbonyl (C=O) groups excluding carboxylic acids is 1. The van der Waals surface area contributed by atoms with Crippen LogP contribution in [0.15, 0.2) is 30.6 Å². The molecule has 2 atom stereocenters. The maximum absolute atomic E-state index is 13.6. The summed E-state index contributed by atoms with van der Waals surface area (Å²) in [5.41, 5.74) is 1.36. The van der Waals surface area contributed by atoms with Crippen molar-refractivity contribution < 1.29 is 27.4 Å². The number of ether oxygens (including phenoxy) is 2. The van der Waals surface area contributed by atoms with Gasteiger partial charge in [0.2, 0.25) is 0 Å². The molecule has 3 aromatic rings. The van der Waals surface area contributed by atoms with Gasteiger partial charge in [0.05, 0.1) is 66.4 Å². The van der Waals surface area contributed by atoms with Crippen molar-refractivity contribution in [1.29, 1.82) is 0 Å². The van der Waals surface area contributed by atoms with Crippen LogP contribution >= 0.6 is 11.3 Å². The molecule has 4 heterocycles. The third kappa shape index (κ3) is 7.80. The van der Waals surface area contributed by atoms with Crippen molar-refractivity contribution in [3.63, 3.8) is 0 Å². The topological polar surface area (TPSA) is 80.7 Å². The van der Waals surface area contributed by atoms with Gasteiger partial charge in [0.15, 0.2) is 0 Å². The number of thiophene rings is 1. The molecule has 0 saturated carbocycles. The summed E-state index contributed by atoms with van der Waals surface area (Å²) in [6, 6.07) is 5.62. The molecule has 5 rings (SSSR count). The molecular weight excluding hydrogens is 555 g/mol. The molecule has 2 aromatic heterocycles. The zero-order valence-corrected chi connectivity index (χ0v) is 23.7. The number of benzene rings is 1. The lowest BCUT2D eigenvalue weighted by molar-refractivity contribution is -0.126. The molecule has 0 spiro atoms. The number of hydrogen-bond acceptors (Lipinski definition) is 7. The standard InChI is InChI=1S/C29H34F3N5O3S/c1-36-10-7-24-20(18-36)8-12-39-14-15-40-13-11-37-19-21(17-34-37)28(38)33-9-3-6-26-23(16-29(30,31)32)22-4-2-5-25(35-24)27(22)41-26/h2,4-5,17,19-20,24,35H,7-16,18H2,1H3,(H,33,38). The van der Waals surface area contributed by atoms with Crippen molar-refractivity contribution in [3.05, 3.63) is 46.6 Å². The van der Waals surface area contributed by atoms with Crippen LogP contribution in [-0.4, -0.2) is 85.9 Å². The van der Waals surface area contributed by atoms with Crippen molar-refractivity contribution in [3.8, 4) is 11.8 Å². The first-order chi connectivity index (χ1) is 19.8. The van der Waals surface area contributed by atoms with E-state index in [4.69, 9.17) is 9.47 Å². The minimum atomic E-state index is -4.38. The largest absolute Gasteiger partial charge is 0.393 e. The molecule has 0 radical (unpaired) electrons. The number of amides is 1. The van der Waals surface area contributed by atoms with Gasteiger partial charge in [-0.1, -0.05) is 24.0 Å². The zero-order valence-electron chi connectivity index (χ0n) is 22.9. The van der Waals surface area contributed by atoms with Gasteiger partial charge in [-0.05, 0) is 49.4 Å². The molecule has 41 heavy (non-hydrogen) atoms. The third-order valence-corrected chi connectivity index (χ3v) is 8.57. The van der Waals surface area contributed by atoms with E-state index in [9.17, 15) is 18.0 Å². The summed E-state index contributed by atoms with van der Waals surface area (Å²) in [5, 5.41) is 11.1. The van der Waals surface area contributed by atoms with Crippen LogP contribution in [0.25, 0.3) is 10.1 Å². The van der Waals surface area contributed by atoms with Crippen LogP contribution < -0.4 is 10.6 Å². The SMILES string of the molecule is CN1CCC2Nc3cccc4c(CC(F)(F)F)c(sc34)C#CCNC(=O)c3cnn(c3)CCOCCOCCC2C1. The molecule has 4 bridgehead atoms. The number of aromatic nitrogens is 2. The maximum atomic E-state index is 13.6. The Balaban J connectivity index is 1.44. The fourth-order valence-electron chi connectivity index (χ4n) is 5.33. The highest BCUT2D eigenvalue weighted by atomic mass is 32.1. The molecule has 0 aliphatic carbocycles. The number of carbonyl (C=O) groups is 1. The van der Waals surface area contributed by atoms with E-state index in [1.807, 2.05) is 6.07 Å². The average Bonchev–Trinajstić information content (AvgIpc) is 3.54. The maximum Gasteiger partial charge on any atom is 0.393 e. The average molecular weight is 590 g/mol. The van der Waals surface area contributed by atoms with Crippen LogP contribution in [0, 0.1) is 17.8 Å². The molecule has 1 amide bonds. The summed E-state index contributed by atoms with van der Waals surface area (Å²) in [5.74, 6) is 5.72. The second kappa shape index (κ2) is 13.2. The number of nitrogens with one attached hydrogen (secondary N) is 2. The minimum Gasteiger partial charge on any atom is -0.381 e. The van der Waals surface area contributed by atoms with Crippen molar-refractivity contribution in [1.82, 2.24) is 20.0 Å². The highest BCUT2D eigenvalue weighted by molar-refractivity contribution is 7.20. The summed E-state index contributed by atoms with van der Waals surface area (Å²) in [6.07, 6.45) is -0.586. The van der Waals surface area contributed by atoms with E-state index in [0.29, 0.717) is 54.7 Å². The molecule has 12 heteroatoms. The Morgan fingerprint density at radius 3 is 2.80 bits per heavy atom. The van der Waals surface area contributed by atoms with E-state index >= 15 is 0 Å². The summed E-state index contributed by atoms with van der Waals surface area (Å²) < 4.78 is 54.8. The fourth-order valence-corrected chi connectivity index (χ4v) is 6.50. The van der Waals surface area contributed by atoms with E-state index in [2.05, 4.69) is 39.5 Å². The van der Waals surface area contributed by atoms with E-state index in [1.54, 1.807) is 23.0 Å². The van der Waals surface area contributed by atoms with E-state index in [1.165, 1.54) is 17.5 Å². The highest BCUT2D eigenvalue weighted by Crippen LogP contribution is 2.40. The van der Waals surface area contributed by atoms with Gasteiger partial charge in [0.1, 0.15) is 0 Å². The predicted molar refractivity (Wildman–Crippen MR) is 152 cm³/mol. The summed E-state index contributed by atoms with van der Waals surface area (Å²) >= 11 is 1.26. The Kier molecular flexibility index (Phi) is 9.49. The van der Waals surface area contributed by atoms with Crippen molar-refractivity contribution in [2.24, 2.45) is 5.92 Å². The Bertz CT molecular complexity index is 1410. The number of fused-ring (bicyclic) bond motifs is 4. The monoisotopic (exact) mass is 589 g/mol. The lowest BCUT2D eigenvalue weighted by Gasteiger charge is -2.38. The number of rotatable bonds is 1. The number of alkyl halides is 3. The Morgan fingerprint density at radius 2 is 1.98 bits per heavy atom. The number of hydrogen-bond donors (Lipinski definition) is 2. The molecule has 2 aliphatic heterocycles. The summed E-state index contributed by atoms with van der Waals surface area (Å²) in [7, 11) is 2.11. The minimum absolute atomic E-state index is 0.00476. The summed E-state index contributed by atoms with van der Waals surface area (Å²) in [4.78, 5) is 15.2. The second-order valence-electron chi connectivity index (χ2n) is 10.4. The lowest BCUT2D eigenvalue weighted by atomic mass is 9.89. The molecular formula is C29H34F3N5O3S. The smallest absolute Gasteiger partial charge is 0.381 e. The van der Waals surface area contributed by atoms with Crippen LogP contribution in [0.4, 0.5) is 18.9 Å². The lowest BCUT2D eigenvalue weighted by Crippen LogP contribution is -2.45. The van der Waals surface area contributed by atoms with Gasteiger partial charge in [0.25, 0.3) is 5.91 Å². The van der Waals surface area contributed by atoms with Gasteiger partial charge in [-0.3, -0.25) is 9.48 Å². The van der Waals surface area contributed by atoms with Crippen LogP contribution in [0.2, 0.25) is 0 Å². The second-order valence-corrected chi connectivity index (χ2v) is 11.5. The predicted octanol–water partition coefficient (Wildman–Crippen LogP) is 4.15. The van der Waals surface area contributed by atoms with E-state index < -0.39 is 12.6 Å². The van der Waals surface area contributed by atoms with Gasteiger partial charge in [-0.2, -0.15) is 18.3 Å². The van der Waals surface area contributed by atoms with Crippen LogP contribution in [0.1, 0.15) is 33.6 Å². The molecule has 8 nitrogen and oxygen atoms in total. The molecule has 2 N–H and O–H groups in total. The first kappa shape index (κ1) is 29.4. The van der Waals surface area contributed by atoms with Gasteiger partial charge < -0.3 is 25.0 Å². The van der Waals surface area contributed by atoms with E-state index in [0.717, 1.165) is 36.3 Å². The summed E-state index contributed by atoms with van der Waals surface area (Å²) in [6.45, 7) is 4.30. The highest BCUT2D eigenvalue weighted by Gasteiger charge is 2.32. The van der Waals surface area contributed by atoms with Gasteiger partial charge >= 0.3 is 6.18 Å². The number of nitrogens with zero attached hydrogens (tertiary/aromatic N) is 3. The van der Waals surface area contributed by atoms with Crippen LogP contribution in [0.3, 0.4) is 0 Å². The Morgan fingerprint density at radius 1 is 1.15 bits per heavy atom. The van der Waals surface area contributed by atoms with Crippen LogP contribution in [-0.2, 0) is 22.4 Å². The van der Waals surface area contributed by atoms with Crippen molar-refractivity contribution in [2.75, 3.05) is 58.4 Å². The first-order valence-corrected chi connectivity index (χ1v) is 14.6. The molecule has 1 fully saturated rings. The molecule has 1 aromatic carbocycles. The number of anilines is 1. The third-order valence-electron chi connectivity index (χ3n) is 7.38. The Hall–Kier alpha value is -3.11. The quantitative estimate of drug-likeness (QED) is 0.416. The van der Waals surface area contributed by atoms with Gasteiger partial charge in [-0.25, -0.2) is 0 Å². The Labute approximate surface area is 241 Å². The zero-order chi connectivity index (χ0) is 28.8. The van der Waals surface area contributed by atoms with Crippen molar-refractivity contribution >= 4 is 33.0 Å². The first-order valence-electron chi connectivity index (χ1n) is 13.8. The van der Waals surface area contributed by atoms with Crippen molar-refractivity contribution in [2.45, 2.75) is 38.0 Å².